The lowest BCUT2D eigenvalue weighted by atomic mass is 9.89. The number of carbonyl (C=O) groups is 2. The maximum Gasteiger partial charge on any atom is 0.250 e. The number of nitrogens with one attached hydrogen (secondary N) is 1. The molecule has 6 heteroatoms. The van der Waals surface area contributed by atoms with Gasteiger partial charge in [-0.15, -0.1) is 0 Å². The van der Waals surface area contributed by atoms with Gasteiger partial charge in [-0.2, -0.15) is 0 Å². The Kier molecular flexibility index (Phi) is 5.25. The summed E-state index contributed by atoms with van der Waals surface area (Å²) in [5.41, 5.74) is 1.93. The highest BCUT2D eigenvalue weighted by Gasteiger charge is 2.52. The molecule has 1 saturated carbocycles. The summed E-state index contributed by atoms with van der Waals surface area (Å²) in [6, 6.07) is 15.7. The Bertz CT molecular complexity index is 891. The normalized spacial score (nSPS) is 17.7. The van der Waals surface area contributed by atoms with E-state index in [4.69, 9.17) is 0 Å². The summed E-state index contributed by atoms with van der Waals surface area (Å²) in [7, 11) is 1.94. The minimum Gasteiger partial charge on any atom is -0.322 e. The van der Waals surface area contributed by atoms with E-state index in [0.29, 0.717) is 12.2 Å². The second-order valence-corrected chi connectivity index (χ2v) is 8.65. The average molecular weight is 442 g/mol. The number of carbonyl (C=O) groups excluding carboxylic acids is 2. The minimum atomic E-state index is -0.746. The largest absolute Gasteiger partial charge is 0.322 e. The predicted molar refractivity (Wildman–Crippen MR) is 114 cm³/mol. The van der Waals surface area contributed by atoms with E-state index in [1.165, 1.54) is 0 Å². The van der Waals surface area contributed by atoms with Crippen LogP contribution < -0.4 is 10.2 Å². The zero-order chi connectivity index (χ0) is 19.7. The van der Waals surface area contributed by atoms with Crippen molar-refractivity contribution < 1.29 is 9.59 Å². The summed E-state index contributed by atoms with van der Waals surface area (Å²) < 4.78 is 1.04. The molecule has 2 aromatic rings. The lowest BCUT2D eigenvalue weighted by Gasteiger charge is -2.44. The van der Waals surface area contributed by atoms with Crippen LogP contribution in [0.25, 0.3) is 0 Å². The number of nitrogens with zero attached hydrogens (tertiary/aromatic N) is 2. The van der Waals surface area contributed by atoms with Crippen LogP contribution in [-0.4, -0.2) is 35.8 Å². The summed E-state index contributed by atoms with van der Waals surface area (Å²) in [5, 5.41) is 3.03. The third-order valence-electron chi connectivity index (χ3n) is 5.69. The van der Waals surface area contributed by atoms with Crippen LogP contribution in [0, 0.1) is 0 Å². The van der Waals surface area contributed by atoms with Gasteiger partial charge in [0.15, 0.2) is 0 Å². The van der Waals surface area contributed by atoms with Crippen molar-refractivity contribution in [2.24, 2.45) is 0 Å². The highest BCUT2D eigenvalue weighted by molar-refractivity contribution is 9.10. The molecule has 146 valence electrons. The molecule has 0 saturated heterocycles. The van der Waals surface area contributed by atoms with Crippen molar-refractivity contribution in [3.63, 3.8) is 0 Å². The quantitative estimate of drug-likeness (QED) is 0.773. The molecule has 0 radical (unpaired) electrons. The highest BCUT2D eigenvalue weighted by atomic mass is 79.9. The smallest absolute Gasteiger partial charge is 0.250 e. The van der Waals surface area contributed by atoms with Crippen LogP contribution in [0.4, 0.5) is 11.4 Å². The number of anilines is 2. The molecule has 0 unspecified atom stereocenters. The van der Waals surface area contributed by atoms with Crippen molar-refractivity contribution in [2.45, 2.75) is 37.8 Å². The first-order valence-corrected chi connectivity index (χ1v) is 10.5. The van der Waals surface area contributed by atoms with Crippen molar-refractivity contribution in [1.29, 1.82) is 0 Å². The van der Waals surface area contributed by atoms with Crippen molar-refractivity contribution in [1.82, 2.24) is 4.90 Å². The van der Waals surface area contributed by atoms with E-state index in [0.717, 1.165) is 41.4 Å². The van der Waals surface area contributed by atoms with E-state index in [2.05, 4.69) is 21.2 Å². The maximum atomic E-state index is 13.4. The summed E-state index contributed by atoms with van der Waals surface area (Å²) in [6.07, 6.45) is 3.37. The maximum absolute atomic E-state index is 13.4. The van der Waals surface area contributed by atoms with Crippen molar-refractivity contribution in [3.8, 4) is 0 Å². The van der Waals surface area contributed by atoms with Crippen molar-refractivity contribution in [3.05, 3.63) is 58.6 Å². The Morgan fingerprint density at radius 2 is 1.82 bits per heavy atom. The van der Waals surface area contributed by atoms with Crippen molar-refractivity contribution >= 4 is 39.1 Å². The summed E-state index contributed by atoms with van der Waals surface area (Å²) in [5.74, 6) is -0.0728. The van der Waals surface area contributed by atoms with Gasteiger partial charge in [0.2, 0.25) is 5.91 Å². The van der Waals surface area contributed by atoms with E-state index in [1.807, 2.05) is 60.5 Å². The molecule has 0 atom stereocenters. The standard InChI is InChI=1S/C22H24BrN3O2/c1-25(14-16-8-10-17(23)11-9-16)15-20(27)26-19-7-3-2-6-18(19)24-21(28)22(26)12-4-5-13-22/h2-3,6-11H,4-5,12-15H2,1H3,(H,24,28). The number of amides is 2. The van der Waals surface area contributed by atoms with Gasteiger partial charge in [-0.1, -0.05) is 53.0 Å². The molecule has 4 rings (SSSR count). The Hall–Kier alpha value is -2.18. The van der Waals surface area contributed by atoms with E-state index < -0.39 is 5.54 Å². The number of likely N-dealkylation sites (N-methyl/N-ethyl adjacent to an activating group) is 1. The van der Waals surface area contributed by atoms with Gasteiger partial charge in [0, 0.05) is 11.0 Å². The van der Waals surface area contributed by atoms with Crippen molar-refractivity contribution in [2.75, 3.05) is 23.8 Å². The number of rotatable bonds is 4. The molecule has 2 aromatic carbocycles. The van der Waals surface area contributed by atoms with Crippen LogP contribution in [0.2, 0.25) is 0 Å². The van der Waals surface area contributed by atoms with Gasteiger partial charge >= 0.3 is 0 Å². The van der Waals surface area contributed by atoms with E-state index in [1.54, 1.807) is 4.90 Å². The lowest BCUT2D eigenvalue weighted by Crippen LogP contribution is -2.62. The number of benzene rings is 2. The zero-order valence-corrected chi connectivity index (χ0v) is 17.5. The molecular weight excluding hydrogens is 418 g/mol. The molecule has 1 spiro atoms. The fraction of sp³-hybridized carbons (Fsp3) is 0.364. The Morgan fingerprint density at radius 3 is 2.54 bits per heavy atom. The Balaban J connectivity index is 1.58. The fourth-order valence-electron chi connectivity index (χ4n) is 4.39. The van der Waals surface area contributed by atoms with Gasteiger partial charge in [0.05, 0.1) is 17.9 Å². The number of para-hydroxylation sites is 2. The van der Waals surface area contributed by atoms with E-state index >= 15 is 0 Å². The van der Waals surface area contributed by atoms with Gasteiger partial charge in [0.25, 0.3) is 5.91 Å². The summed E-state index contributed by atoms with van der Waals surface area (Å²) in [6.45, 7) is 0.938. The van der Waals surface area contributed by atoms with Gasteiger partial charge in [-0.25, -0.2) is 0 Å². The van der Waals surface area contributed by atoms with Crippen LogP contribution in [0.5, 0.6) is 0 Å². The first kappa shape index (κ1) is 19.2. The average Bonchev–Trinajstić information content (AvgIpc) is 3.15. The first-order chi connectivity index (χ1) is 13.5. The Morgan fingerprint density at radius 1 is 1.14 bits per heavy atom. The fourth-order valence-corrected chi connectivity index (χ4v) is 4.65. The summed E-state index contributed by atoms with van der Waals surface area (Å²) in [4.78, 5) is 30.2. The van der Waals surface area contributed by atoms with Gasteiger partial charge in [-0.3, -0.25) is 19.4 Å². The van der Waals surface area contributed by atoms with Gasteiger partial charge in [-0.05, 0) is 49.7 Å². The number of hydrogen-bond acceptors (Lipinski definition) is 3. The number of fused-ring (bicyclic) bond motifs is 1. The SMILES string of the molecule is CN(CC(=O)N1c2ccccc2NC(=O)C12CCCC2)Cc1ccc(Br)cc1. The molecular formula is C22H24BrN3O2. The third kappa shape index (κ3) is 3.47. The van der Waals surface area contributed by atoms with E-state index in [9.17, 15) is 9.59 Å². The molecule has 28 heavy (non-hydrogen) atoms. The molecule has 2 aliphatic rings. The van der Waals surface area contributed by atoms with Crippen LogP contribution in [-0.2, 0) is 16.1 Å². The molecule has 2 amide bonds. The molecule has 0 aromatic heterocycles. The molecule has 1 aliphatic heterocycles. The van der Waals surface area contributed by atoms with Crippen LogP contribution >= 0.6 is 15.9 Å². The lowest BCUT2D eigenvalue weighted by molar-refractivity contribution is -0.127. The second kappa shape index (κ2) is 7.68. The molecule has 1 N–H and O–H groups in total. The monoisotopic (exact) mass is 441 g/mol. The van der Waals surface area contributed by atoms with Gasteiger partial charge < -0.3 is 5.32 Å². The van der Waals surface area contributed by atoms with Crippen LogP contribution in [0.15, 0.2) is 53.0 Å². The van der Waals surface area contributed by atoms with Crippen LogP contribution in [0.1, 0.15) is 31.2 Å². The molecule has 1 aliphatic carbocycles. The topological polar surface area (TPSA) is 52.7 Å². The summed E-state index contributed by atoms with van der Waals surface area (Å²) >= 11 is 3.45. The van der Waals surface area contributed by atoms with Crippen LogP contribution in [0.3, 0.4) is 0 Å². The van der Waals surface area contributed by atoms with Gasteiger partial charge in [0.1, 0.15) is 5.54 Å². The molecule has 1 fully saturated rings. The third-order valence-corrected chi connectivity index (χ3v) is 6.22. The predicted octanol–water partition coefficient (Wildman–Crippen LogP) is 4.18. The highest BCUT2D eigenvalue weighted by Crippen LogP contribution is 2.45. The minimum absolute atomic E-state index is 0.0242. The zero-order valence-electron chi connectivity index (χ0n) is 16.0. The number of halogens is 1. The first-order valence-electron chi connectivity index (χ1n) is 9.66. The second-order valence-electron chi connectivity index (χ2n) is 7.74. The number of hydrogen-bond donors (Lipinski definition) is 1. The molecule has 5 nitrogen and oxygen atoms in total. The Labute approximate surface area is 173 Å². The molecule has 1 heterocycles. The van der Waals surface area contributed by atoms with E-state index in [-0.39, 0.29) is 18.4 Å². The molecule has 0 bridgehead atoms.